The summed E-state index contributed by atoms with van der Waals surface area (Å²) in [4.78, 5) is 11.1. The number of hydrogen-bond donors (Lipinski definition) is 0. The van der Waals surface area contributed by atoms with E-state index in [4.69, 9.17) is 0 Å². The number of aliphatic imine (C=N–C) groups is 2. The van der Waals surface area contributed by atoms with E-state index in [1.165, 1.54) is 19.2 Å². The molecule has 0 saturated carbocycles. The molecule has 0 spiro atoms. The number of alkyl halides is 2. The first-order valence-electron chi connectivity index (χ1n) is 4.28. The van der Waals surface area contributed by atoms with Crippen LogP contribution >= 0.6 is 0 Å². The molecule has 1 rings (SSSR count). The van der Waals surface area contributed by atoms with Gasteiger partial charge in [-0.1, -0.05) is 6.07 Å². The number of rotatable bonds is 2. The van der Waals surface area contributed by atoms with Crippen LogP contribution in [0.25, 0.3) is 0 Å². The molecule has 1 aromatic heterocycles. The predicted octanol–water partition coefficient (Wildman–Crippen LogP) is 2.27. The monoisotopic (exact) mass is 211 g/mol. The summed E-state index contributed by atoms with van der Waals surface area (Å²) in [6.45, 7) is 4.09. The topological polar surface area (TPSA) is 37.6 Å². The number of nitrogens with zero attached hydrogens (tertiary/aromatic N) is 3. The maximum absolute atomic E-state index is 13.0. The lowest BCUT2D eigenvalue weighted by Gasteiger charge is -2.10. The third-order valence-corrected chi connectivity index (χ3v) is 1.79. The Kier molecular flexibility index (Phi) is 3.24. The van der Waals surface area contributed by atoms with Crippen LogP contribution in [-0.2, 0) is 5.92 Å². The number of pyridine rings is 1. The predicted molar refractivity (Wildman–Crippen MR) is 55.8 cm³/mol. The minimum Gasteiger partial charge on any atom is -0.268 e. The summed E-state index contributed by atoms with van der Waals surface area (Å²) in [5.74, 6) is -2.71. The fraction of sp³-hybridized carbons (Fsp3) is 0.300. The van der Waals surface area contributed by atoms with Gasteiger partial charge in [0.25, 0.3) is 5.92 Å². The van der Waals surface area contributed by atoms with E-state index in [0.29, 0.717) is 5.69 Å². The Labute approximate surface area is 86.6 Å². The second kappa shape index (κ2) is 4.25. The van der Waals surface area contributed by atoms with Crippen molar-refractivity contribution in [2.75, 3.05) is 7.05 Å². The smallest absolute Gasteiger partial charge is 0.268 e. The zero-order valence-corrected chi connectivity index (χ0v) is 8.54. The number of amidine groups is 1. The molecule has 0 fully saturated rings. The molecule has 3 nitrogen and oxygen atoms in total. The molecule has 0 aliphatic rings. The highest BCUT2D eigenvalue weighted by molar-refractivity contribution is 5.99. The van der Waals surface area contributed by atoms with Crippen LogP contribution in [0.2, 0.25) is 0 Å². The standard InChI is InChI=1S/C10H11F2N3/c1-10(11,12)8-6-4-5-7(15-8)9(13-2)14-3/h4-6H,2H2,1,3H3/b14-9-. The zero-order chi connectivity index (χ0) is 11.5. The quantitative estimate of drug-likeness (QED) is 0.546. The minimum absolute atomic E-state index is 0.251. The molecule has 0 saturated heterocycles. The van der Waals surface area contributed by atoms with Crippen LogP contribution < -0.4 is 0 Å². The van der Waals surface area contributed by atoms with E-state index in [9.17, 15) is 8.78 Å². The van der Waals surface area contributed by atoms with Gasteiger partial charge in [0.2, 0.25) is 0 Å². The van der Waals surface area contributed by atoms with Crippen molar-refractivity contribution in [1.82, 2.24) is 4.98 Å². The van der Waals surface area contributed by atoms with E-state index in [1.807, 2.05) is 0 Å². The van der Waals surface area contributed by atoms with Gasteiger partial charge in [0.1, 0.15) is 11.4 Å². The molecule has 0 radical (unpaired) electrons. The highest BCUT2D eigenvalue weighted by Gasteiger charge is 2.26. The Hall–Kier alpha value is -1.65. The average Bonchev–Trinajstić information content (AvgIpc) is 2.19. The second-order valence-electron chi connectivity index (χ2n) is 3.00. The number of halogens is 2. The maximum Gasteiger partial charge on any atom is 0.286 e. The van der Waals surface area contributed by atoms with E-state index in [0.717, 1.165) is 6.92 Å². The average molecular weight is 211 g/mol. The van der Waals surface area contributed by atoms with Crippen molar-refractivity contribution in [2.45, 2.75) is 12.8 Å². The van der Waals surface area contributed by atoms with Crippen LogP contribution in [0.15, 0.2) is 28.2 Å². The third-order valence-electron chi connectivity index (χ3n) is 1.79. The normalized spacial score (nSPS) is 12.7. The Bertz CT molecular complexity index is 394. The van der Waals surface area contributed by atoms with Gasteiger partial charge < -0.3 is 0 Å². The van der Waals surface area contributed by atoms with Crippen LogP contribution in [0.1, 0.15) is 18.3 Å². The fourth-order valence-electron chi connectivity index (χ4n) is 1.07. The summed E-state index contributed by atoms with van der Waals surface area (Å²) in [6, 6.07) is 4.32. The SMILES string of the molecule is C=N/C(=N\C)c1cccc(C(C)(F)F)n1. The Morgan fingerprint density at radius 2 is 2.13 bits per heavy atom. The van der Waals surface area contributed by atoms with Crippen LogP contribution in [0.4, 0.5) is 8.78 Å². The molecule has 0 amide bonds. The lowest BCUT2D eigenvalue weighted by molar-refractivity contribution is 0.0127. The van der Waals surface area contributed by atoms with Gasteiger partial charge in [-0.25, -0.2) is 9.98 Å². The first kappa shape index (κ1) is 11.4. The van der Waals surface area contributed by atoms with E-state index in [2.05, 4.69) is 21.7 Å². The number of hydrogen-bond acceptors (Lipinski definition) is 2. The molecule has 0 N–H and O–H groups in total. The van der Waals surface area contributed by atoms with E-state index < -0.39 is 5.92 Å². The summed E-state index contributed by atoms with van der Waals surface area (Å²) < 4.78 is 25.9. The lowest BCUT2D eigenvalue weighted by Crippen LogP contribution is -2.12. The molecule has 0 aromatic carbocycles. The molecule has 1 aromatic rings. The van der Waals surface area contributed by atoms with Gasteiger partial charge in [-0.3, -0.25) is 4.99 Å². The highest BCUT2D eigenvalue weighted by Crippen LogP contribution is 2.24. The summed E-state index contributed by atoms with van der Waals surface area (Å²) in [5, 5.41) is 0. The molecule has 0 unspecified atom stereocenters. The van der Waals surface area contributed by atoms with Crippen molar-refractivity contribution >= 4 is 12.6 Å². The molecule has 0 atom stereocenters. The maximum atomic E-state index is 13.0. The van der Waals surface area contributed by atoms with Gasteiger partial charge in [0.15, 0.2) is 5.84 Å². The lowest BCUT2D eigenvalue weighted by atomic mass is 10.2. The largest absolute Gasteiger partial charge is 0.286 e. The van der Waals surface area contributed by atoms with E-state index >= 15 is 0 Å². The zero-order valence-electron chi connectivity index (χ0n) is 8.54. The first-order valence-corrected chi connectivity index (χ1v) is 4.28. The van der Waals surface area contributed by atoms with Crippen molar-refractivity contribution in [3.8, 4) is 0 Å². The Balaban J connectivity index is 3.19. The molecule has 0 aliphatic carbocycles. The Morgan fingerprint density at radius 1 is 1.47 bits per heavy atom. The van der Waals surface area contributed by atoms with Gasteiger partial charge in [-0.15, -0.1) is 0 Å². The first-order chi connectivity index (χ1) is 6.99. The molecular weight excluding hydrogens is 200 g/mol. The van der Waals surface area contributed by atoms with Crippen LogP contribution in [0, 0.1) is 0 Å². The molecule has 5 heteroatoms. The molecule has 1 heterocycles. The summed E-state index contributed by atoms with van der Waals surface area (Å²) in [7, 11) is 1.50. The van der Waals surface area contributed by atoms with E-state index in [1.54, 1.807) is 6.07 Å². The van der Waals surface area contributed by atoms with Crippen LogP contribution in [0.5, 0.6) is 0 Å². The highest BCUT2D eigenvalue weighted by atomic mass is 19.3. The molecule has 80 valence electrons. The van der Waals surface area contributed by atoms with Gasteiger partial charge in [-0.2, -0.15) is 8.78 Å². The molecule has 0 aliphatic heterocycles. The van der Waals surface area contributed by atoms with Crippen molar-refractivity contribution in [3.05, 3.63) is 29.6 Å². The van der Waals surface area contributed by atoms with Gasteiger partial charge in [-0.05, 0) is 18.9 Å². The van der Waals surface area contributed by atoms with Crippen molar-refractivity contribution < 1.29 is 8.78 Å². The molecule has 15 heavy (non-hydrogen) atoms. The van der Waals surface area contributed by atoms with Crippen LogP contribution in [-0.4, -0.2) is 24.6 Å². The second-order valence-corrected chi connectivity index (χ2v) is 3.00. The van der Waals surface area contributed by atoms with Crippen molar-refractivity contribution in [1.29, 1.82) is 0 Å². The fourth-order valence-corrected chi connectivity index (χ4v) is 1.07. The summed E-state index contributed by atoms with van der Waals surface area (Å²) in [6.07, 6.45) is 0. The third kappa shape index (κ3) is 2.65. The summed E-state index contributed by atoms with van der Waals surface area (Å²) in [5.41, 5.74) is -0.00340. The van der Waals surface area contributed by atoms with Crippen LogP contribution in [0.3, 0.4) is 0 Å². The molecule has 0 bridgehead atoms. The minimum atomic E-state index is -2.96. The van der Waals surface area contributed by atoms with E-state index in [-0.39, 0.29) is 11.5 Å². The van der Waals surface area contributed by atoms with Crippen molar-refractivity contribution in [2.24, 2.45) is 9.98 Å². The van der Waals surface area contributed by atoms with Gasteiger partial charge in [0.05, 0.1) is 0 Å². The summed E-state index contributed by atoms with van der Waals surface area (Å²) >= 11 is 0. The molecular formula is C10H11F2N3. The van der Waals surface area contributed by atoms with Crippen molar-refractivity contribution in [3.63, 3.8) is 0 Å². The van der Waals surface area contributed by atoms with Gasteiger partial charge in [0, 0.05) is 14.0 Å². The number of aromatic nitrogens is 1. The van der Waals surface area contributed by atoms with Gasteiger partial charge >= 0.3 is 0 Å². The Morgan fingerprint density at radius 3 is 2.60 bits per heavy atom.